The molecule has 0 atom stereocenters. The molecular weight excluding hydrogens is 262 g/mol. The van der Waals surface area contributed by atoms with Crippen molar-refractivity contribution in [1.82, 2.24) is 5.32 Å². The molecule has 21 heavy (non-hydrogen) atoms. The Morgan fingerprint density at radius 3 is 2.38 bits per heavy atom. The summed E-state index contributed by atoms with van der Waals surface area (Å²) in [4.78, 5) is 12.1. The lowest BCUT2D eigenvalue weighted by Crippen LogP contribution is -2.48. The molecule has 1 aliphatic carbocycles. The zero-order valence-corrected chi connectivity index (χ0v) is 12.1. The van der Waals surface area contributed by atoms with Crippen molar-refractivity contribution in [3.8, 4) is 12.1 Å². The van der Waals surface area contributed by atoms with Gasteiger partial charge < -0.3 is 5.32 Å². The van der Waals surface area contributed by atoms with Crippen LogP contribution in [0.15, 0.2) is 24.3 Å². The zero-order valence-electron chi connectivity index (χ0n) is 12.1. The van der Waals surface area contributed by atoms with Crippen molar-refractivity contribution in [1.29, 1.82) is 10.5 Å². The molecule has 0 unspecified atom stereocenters. The van der Waals surface area contributed by atoms with Gasteiger partial charge in [0.1, 0.15) is 5.54 Å². The van der Waals surface area contributed by atoms with E-state index >= 15 is 0 Å². The van der Waals surface area contributed by atoms with E-state index in [9.17, 15) is 10.1 Å². The van der Waals surface area contributed by atoms with E-state index in [-0.39, 0.29) is 5.91 Å². The van der Waals surface area contributed by atoms with E-state index in [4.69, 9.17) is 5.26 Å². The van der Waals surface area contributed by atoms with Crippen LogP contribution in [-0.2, 0) is 11.2 Å². The summed E-state index contributed by atoms with van der Waals surface area (Å²) >= 11 is 0. The minimum absolute atomic E-state index is 0.0668. The monoisotopic (exact) mass is 281 g/mol. The highest BCUT2D eigenvalue weighted by atomic mass is 16.1. The Morgan fingerprint density at radius 2 is 1.81 bits per heavy atom. The van der Waals surface area contributed by atoms with Crippen LogP contribution in [0.1, 0.15) is 49.7 Å². The first-order chi connectivity index (χ1) is 10.2. The minimum Gasteiger partial charge on any atom is -0.338 e. The Kier molecular flexibility index (Phi) is 4.95. The lowest BCUT2D eigenvalue weighted by molar-refractivity contribution is -0.122. The smallest absolute Gasteiger partial charge is 0.221 e. The molecule has 1 amide bonds. The standard InChI is InChI=1S/C17H19N3O/c18-12-15-6-4-14(5-7-15)8-9-16(21)20-17(13-19)10-2-1-3-11-17/h4-7H,1-3,8-11H2,(H,20,21). The molecule has 1 N–H and O–H groups in total. The fraction of sp³-hybridized carbons (Fsp3) is 0.471. The van der Waals surface area contributed by atoms with Crippen LogP contribution in [-0.4, -0.2) is 11.4 Å². The molecule has 108 valence electrons. The van der Waals surface area contributed by atoms with Gasteiger partial charge in [-0.3, -0.25) is 4.79 Å². The number of carbonyl (C=O) groups excluding carboxylic acids is 1. The summed E-state index contributed by atoms with van der Waals surface area (Å²) in [5.74, 6) is -0.0668. The van der Waals surface area contributed by atoms with Crippen LogP contribution in [0.4, 0.5) is 0 Å². The molecule has 4 heteroatoms. The van der Waals surface area contributed by atoms with E-state index in [0.717, 1.165) is 37.7 Å². The van der Waals surface area contributed by atoms with Gasteiger partial charge in [-0.15, -0.1) is 0 Å². The second-order valence-electron chi connectivity index (χ2n) is 5.61. The first-order valence-electron chi connectivity index (χ1n) is 7.39. The lowest BCUT2D eigenvalue weighted by Gasteiger charge is -2.31. The number of aryl methyl sites for hydroxylation is 1. The van der Waals surface area contributed by atoms with Crippen molar-refractivity contribution in [3.63, 3.8) is 0 Å². The molecule has 2 rings (SSSR count). The number of hydrogen-bond donors (Lipinski definition) is 1. The van der Waals surface area contributed by atoms with Gasteiger partial charge in [0.05, 0.1) is 17.7 Å². The summed E-state index contributed by atoms with van der Waals surface area (Å²) in [5.41, 5.74) is 0.993. The predicted molar refractivity (Wildman–Crippen MR) is 79.0 cm³/mol. The highest BCUT2D eigenvalue weighted by molar-refractivity contribution is 5.77. The minimum atomic E-state index is -0.653. The summed E-state index contributed by atoms with van der Waals surface area (Å²) in [5, 5.41) is 21.0. The average molecular weight is 281 g/mol. The number of carbonyl (C=O) groups is 1. The normalized spacial score (nSPS) is 16.5. The highest BCUT2D eigenvalue weighted by Gasteiger charge is 2.33. The van der Waals surface area contributed by atoms with Gasteiger partial charge in [0.2, 0.25) is 5.91 Å². The summed E-state index contributed by atoms with van der Waals surface area (Å²) in [6.45, 7) is 0. The number of amides is 1. The Labute approximate surface area is 125 Å². The molecule has 1 aromatic carbocycles. The van der Waals surface area contributed by atoms with Gasteiger partial charge in [-0.2, -0.15) is 10.5 Å². The van der Waals surface area contributed by atoms with Crippen LogP contribution in [0.5, 0.6) is 0 Å². The molecule has 1 saturated carbocycles. The van der Waals surface area contributed by atoms with Crippen LogP contribution < -0.4 is 5.32 Å². The highest BCUT2D eigenvalue weighted by Crippen LogP contribution is 2.27. The van der Waals surface area contributed by atoms with E-state index < -0.39 is 5.54 Å². The van der Waals surface area contributed by atoms with Gasteiger partial charge >= 0.3 is 0 Å². The molecule has 0 saturated heterocycles. The van der Waals surface area contributed by atoms with Crippen molar-refractivity contribution in [3.05, 3.63) is 35.4 Å². The van der Waals surface area contributed by atoms with Crippen LogP contribution >= 0.6 is 0 Å². The number of nitriles is 2. The van der Waals surface area contributed by atoms with Gasteiger partial charge in [-0.05, 0) is 37.0 Å². The Hall–Kier alpha value is -2.33. The van der Waals surface area contributed by atoms with Gasteiger partial charge in [-0.1, -0.05) is 31.4 Å². The molecular formula is C17H19N3O. The third-order valence-electron chi connectivity index (χ3n) is 4.02. The molecule has 0 bridgehead atoms. The lowest BCUT2D eigenvalue weighted by atomic mass is 9.82. The summed E-state index contributed by atoms with van der Waals surface area (Å²) in [6.07, 6.45) is 5.66. The largest absolute Gasteiger partial charge is 0.338 e. The van der Waals surface area contributed by atoms with Crippen molar-refractivity contribution in [2.24, 2.45) is 0 Å². The molecule has 0 aromatic heterocycles. The van der Waals surface area contributed by atoms with E-state index in [1.807, 2.05) is 12.1 Å². The first-order valence-corrected chi connectivity index (χ1v) is 7.39. The van der Waals surface area contributed by atoms with E-state index in [1.54, 1.807) is 12.1 Å². The molecule has 0 aliphatic heterocycles. The maximum Gasteiger partial charge on any atom is 0.221 e. The molecule has 1 fully saturated rings. The second kappa shape index (κ2) is 6.90. The molecule has 0 spiro atoms. The third-order valence-corrected chi connectivity index (χ3v) is 4.02. The van der Waals surface area contributed by atoms with Crippen LogP contribution in [0.3, 0.4) is 0 Å². The number of nitrogens with one attached hydrogen (secondary N) is 1. The molecule has 0 heterocycles. The summed E-state index contributed by atoms with van der Waals surface area (Å²) < 4.78 is 0. The van der Waals surface area contributed by atoms with Crippen molar-refractivity contribution in [2.75, 3.05) is 0 Å². The maximum absolute atomic E-state index is 12.1. The molecule has 1 aliphatic rings. The van der Waals surface area contributed by atoms with Crippen molar-refractivity contribution < 1.29 is 4.79 Å². The van der Waals surface area contributed by atoms with Gasteiger partial charge in [0.15, 0.2) is 0 Å². The van der Waals surface area contributed by atoms with Crippen LogP contribution in [0.25, 0.3) is 0 Å². The summed E-state index contributed by atoms with van der Waals surface area (Å²) in [7, 11) is 0. The third kappa shape index (κ3) is 4.07. The predicted octanol–water partition coefficient (Wildman–Crippen LogP) is 2.83. The Bertz CT molecular complexity index is 572. The molecule has 0 radical (unpaired) electrons. The van der Waals surface area contributed by atoms with Gasteiger partial charge in [-0.25, -0.2) is 0 Å². The molecule has 1 aromatic rings. The quantitative estimate of drug-likeness (QED) is 0.921. The maximum atomic E-state index is 12.1. The van der Waals surface area contributed by atoms with E-state index in [1.165, 1.54) is 0 Å². The number of benzene rings is 1. The fourth-order valence-electron chi connectivity index (χ4n) is 2.75. The average Bonchev–Trinajstić information content (AvgIpc) is 2.54. The SMILES string of the molecule is N#Cc1ccc(CCC(=O)NC2(C#N)CCCCC2)cc1. The summed E-state index contributed by atoms with van der Waals surface area (Å²) in [6, 6.07) is 11.6. The Balaban J connectivity index is 1.86. The number of hydrogen-bond acceptors (Lipinski definition) is 3. The van der Waals surface area contributed by atoms with E-state index in [0.29, 0.717) is 18.4 Å². The fourth-order valence-corrected chi connectivity index (χ4v) is 2.75. The second-order valence-corrected chi connectivity index (χ2v) is 5.61. The topological polar surface area (TPSA) is 76.7 Å². The van der Waals surface area contributed by atoms with Crippen LogP contribution in [0.2, 0.25) is 0 Å². The van der Waals surface area contributed by atoms with E-state index in [2.05, 4.69) is 17.5 Å². The van der Waals surface area contributed by atoms with Crippen molar-refractivity contribution in [2.45, 2.75) is 50.5 Å². The first kappa shape index (κ1) is 15.1. The van der Waals surface area contributed by atoms with Crippen LogP contribution in [0, 0.1) is 22.7 Å². The van der Waals surface area contributed by atoms with Gasteiger partial charge in [0.25, 0.3) is 0 Å². The number of rotatable bonds is 4. The Morgan fingerprint density at radius 1 is 1.14 bits per heavy atom. The number of nitrogens with zero attached hydrogens (tertiary/aromatic N) is 2. The van der Waals surface area contributed by atoms with Crippen molar-refractivity contribution >= 4 is 5.91 Å². The molecule has 4 nitrogen and oxygen atoms in total. The zero-order chi connectivity index (χ0) is 15.1. The van der Waals surface area contributed by atoms with Gasteiger partial charge in [0, 0.05) is 6.42 Å².